The zero-order valence-electron chi connectivity index (χ0n) is 14.4. The van der Waals surface area contributed by atoms with E-state index in [0.29, 0.717) is 12.1 Å². The Morgan fingerprint density at radius 1 is 0.885 bits per heavy atom. The third kappa shape index (κ3) is 3.75. The van der Waals surface area contributed by atoms with Crippen LogP contribution in [0.2, 0.25) is 0 Å². The quantitative estimate of drug-likeness (QED) is 0.731. The molecule has 2 N–H and O–H groups in total. The standard InChI is InChI=1S/C22H20N2O2/c25-21(19-11-8-16-5-1-2-6-18(16)13-19)23-14-15-4-3-7-20(12-15)24-22(26)17-9-10-17/h1-8,11-13,17H,9-10,14H2,(H,23,25)(H,24,26). The Bertz CT molecular complexity index is 977. The van der Waals surface area contributed by atoms with Gasteiger partial charge in [-0.2, -0.15) is 0 Å². The number of benzene rings is 3. The monoisotopic (exact) mass is 344 g/mol. The Labute approximate surface area is 152 Å². The maximum Gasteiger partial charge on any atom is 0.251 e. The number of hydrogen-bond acceptors (Lipinski definition) is 2. The van der Waals surface area contributed by atoms with Crippen molar-refractivity contribution < 1.29 is 9.59 Å². The highest BCUT2D eigenvalue weighted by atomic mass is 16.2. The molecule has 0 radical (unpaired) electrons. The fraction of sp³-hybridized carbons (Fsp3) is 0.182. The van der Waals surface area contributed by atoms with Gasteiger partial charge in [-0.3, -0.25) is 9.59 Å². The van der Waals surface area contributed by atoms with Crippen LogP contribution in [0.4, 0.5) is 5.69 Å². The molecule has 1 aliphatic rings. The van der Waals surface area contributed by atoms with Crippen molar-refractivity contribution in [1.82, 2.24) is 5.32 Å². The van der Waals surface area contributed by atoms with Crippen molar-refractivity contribution >= 4 is 28.3 Å². The predicted molar refractivity (Wildman–Crippen MR) is 103 cm³/mol. The summed E-state index contributed by atoms with van der Waals surface area (Å²) < 4.78 is 0. The summed E-state index contributed by atoms with van der Waals surface area (Å²) in [4.78, 5) is 24.3. The first kappa shape index (κ1) is 16.3. The minimum Gasteiger partial charge on any atom is -0.348 e. The molecule has 4 nitrogen and oxygen atoms in total. The molecule has 0 aromatic heterocycles. The molecule has 0 atom stereocenters. The first-order chi connectivity index (χ1) is 12.7. The van der Waals surface area contributed by atoms with Crippen LogP contribution in [0.3, 0.4) is 0 Å². The van der Waals surface area contributed by atoms with Gasteiger partial charge in [-0.25, -0.2) is 0 Å². The van der Waals surface area contributed by atoms with Crippen LogP contribution in [0.25, 0.3) is 10.8 Å². The van der Waals surface area contributed by atoms with Gasteiger partial charge in [0.2, 0.25) is 5.91 Å². The lowest BCUT2D eigenvalue weighted by atomic mass is 10.1. The second-order valence-corrected chi connectivity index (χ2v) is 6.71. The molecule has 0 spiro atoms. The summed E-state index contributed by atoms with van der Waals surface area (Å²) in [6.07, 6.45) is 1.96. The van der Waals surface area contributed by atoms with E-state index in [1.165, 1.54) is 0 Å². The maximum atomic E-state index is 12.4. The number of amides is 2. The molecule has 130 valence electrons. The molecule has 0 heterocycles. The first-order valence-corrected chi connectivity index (χ1v) is 8.86. The molecule has 4 heteroatoms. The number of anilines is 1. The largest absolute Gasteiger partial charge is 0.348 e. The molecule has 0 aliphatic heterocycles. The van der Waals surface area contributed by atoms with Gasteiger partial charge in [0, 0.05) is 23.7 Å². The van der Waals surface area contributed by atoms with Gasteiger partial charge in [0.1, 0.15) is 0 Å². The van der Waals surface area contributed by atoms with E-state index in [4.69, 9.17) is 0 Å². The van der Waals surface area contributed by atoms with Crippen LogP contribution in [0, 0.1) is 5.92 Å². The second kappa shape index (κ2) is 7.00. The Hall–Kier alpha value is -3.14. The highest BCUT2D eigenvalue weighted by Gasteiger charge is 2.29. The van der Waals surface area contributed by atoms with Crippen molar-refractivity contribution in [2.75, 3.05) is 5.32 Å². The second-order valence-electron chi connectivity index (χ2n) is 6.71. The molecule has 3 aromatic carbocycles. The molecule has 0 bridgehead atoms. The number of nitrogens with one attached hydrogen (secondary N) is 2. The van der Waals surface area contributed by atoms with E-state index < -0.39 is 0 Å². The predicted octanol–water partition coefficient (Wildman–Crippen LogP) is 4.12. The summed E-state index contributed by atoms with van der Waals surface area (Å²) in [5.41, 5.74) is 2.37. The molecule has 0 saturated heterocycles. The summed E-state index contributed by atoms with van der Waals surface area (Å²) in [5.74, 6) is 0.150. The summed E-state index contributed by atoms with van der Waals surface area (Å²) in [6.45, 7) is 0.415. The van der Waals surface area contributed by atoms with Gasteiger partial charge in [-0.05, 0) is 53.4 Å². The van der Waals surface area contributed by atoms with Crippen molar-refractivity contribution in [2.45, 2.75) is 19.4 Å². The van der Waals surface area contributed by atoms with Gasteiger partial charge in [0.25, 0.3) is 5.91 Å². The van der Waals surface area contributed by atoms with Gasteiger partial charge in [-0.1, -0.05) is 42.5 Å². The smallest absolute Gasteiger partial charge is 0.251 e. The van der Waals surface area contributed by atoms with E-state index in [0.717, 1.165) is 34.9 Å². The zero-order chi connectivity index (χ0) is 17.9. The Morgan fingerprint density at radius 3 is 2.50 bits per heavy atom. The van der Waals surface area contributed by atoms with Crippen molar-refractivity contribution in [2.24, 2.45) is 5.92 Å². The molecular formula is C22H20N2O2. The van der Waals surface area contributed by atoms with Crippen molar-refractivity contribution in [3.8, 4) is 0 Å². The summed E-state index contributed by atoms with van der Waals surface area (Å²) >= 11 is 0. The lowest BCUT2D eigenvalue weighted by molar-refractivity contribution is -0.117. The average molecular weight is 344 g/mol. The van der Waals surface area contributed by atoms with Gasteiger partial charge < -0.3 is 10.6 Å². The number of hydrogen-bond donors (Lipinski definition) is 2. The van der Waals surface area contributed by atoms with Crippen LogP contribution in [-0.4, -0.2) is 11.8 Å². The number of carbonyl (C=O) groups is 2. The minimum atomic E-state index is -0.108. The third-order valence-corrected chi connectivity index (χ3v) is 4.61. The lowest BCUT2D eigenvalue weighted by Gasteiger charge is -2.09. The Morgan fingerprint density at radius 2 is 1.69 bits per heavy atom. The van der Waals surface area contributed by atoms with Crippen molar-refractivity contribution in [3.05, 3.63) is 77.9 Å². The van der Waals surface area contributed by atoms with Crippen LogP contribution in [-0.2, 0) is 11.3 Å². The Kier molecular flexibility index (Phi) is 4.40. The molecule has 2 amide bonds. The summed E-state index contributed by atoms with van der Waals surface area (Å²) in [6, 6.07) is 21.3. The zero-order valence-corrected chi connectivity index (χ0v) is 14.4. The summed E-state index contributed by atoms with van der Waals surface area (Å²) in [7, 11) is 0. The fourth-order valence-corrected chi connectivity index (χ4v) is 2.96. The Balaban J connectivity index is 1.41. The minimum absolute atomic E-state index is 0.0855. The van der Waals surface area contributed by atoms with E-state index in [1.54, 1.807) is 0 Å². The molecule has 26 heavy (non-hydrogen) atoms. The van der Waals surface area contributed by atoms with Crippen molar-refractivity contribution in [1.29, 1.82) is 0 Å². The normalized spacial score (nSPS) is 13.4. The van der Waals surface area contributed by atoms with Crippen molar-refractivity contribution in [3.63, 3.8) is 0 Å². The number of carbonyl (C=O) groups excluding carboxylic acids is 2. The fourth-order valence-electron chi connectivity index (χ4n) is 2.96. The van der Waals surface area contributed by atoms with Crippen LogP contribution in [0.5, 0.6) is 0 Å². The maximum absolute atomic E-state index is 12.4. The van der Waals surface area contributed by atoms with Gasteiger partial charge >= 0.3 is 0 Å². The first-order valence-electron chi connectivity index (χ1n) is 8.86. The lowest BCUT2D eigenvalue weighted by Crippen LogP contribution is -2.22. The van der Waals surface area contributed by atoms with Crippen LogP contribution in [0.15, 0.2) is 66.7 Å². The molecule has 1 aliphatic carbocycles. The van der Waals surface area contributed by atoms with Gasteiger partial charge in [0.05, 0.1) is 0 Å². The van der Waals surface area contributed by atoms with E-state index in [-0.39, 0.29) is 17.7 Å². The molecule has 3 aromatic rings. The topological polar surface area (TPSA) is 58.2 Å². The average Bonchev–Trinajstić information content (AvgIpc) is 3.51. The highest BCUT2D eigenvalue weighted by Crippen LogP contribution is 2.30. The molecule has 1 fully saturated rings. The molecular weight excluding hydrogens is 324 g/mol. The number of rotatable bonds is 5. The van der Waals surface area contributed by atoms with E-state index in [2.05, 4.69) is 10.6 Å². The molecule has 1 saturated carbocycles. The highest BCUT2D eigenvalue weighted by molar-refractivity contribution is 5.98. The molecule has 0 unspecified atom stereocenters. The van der Waals surface area contributed by atoms with Gasteiger partial charge in [-0.15, -0.1) is 0 Å². The van der Waals surface area contributed by atoms with E-state index in [1.807, 2.05) is 66.7 Å². The van der Waals surface area contributed by atoms with E-state index >= 15 is 0 Å². The number of fused-ring (bicyclic) bond motifs is 1. The van der Waals surface area contributed by atoms with Crippen LogP contribution in [0.1, 0.15) is 28.8 Å². The SMILES string of the molecule is O=C(NCc1cccc(NC(=O)C2CC2)c1)c1ccc2ccccc2c1. The third-order valence-electron chi connectivity index (χ3n) is 4.61. The summed E-state index contributed by atoms with van der Waals surface area (Å²) in [5, 5.41) is 8.04. The molecule has 4 rings (SSSR count). The van der Waals surface area contributed by atoms with Gasteiger partial charge in [0.15, 0.2) is 0 Å². The van der Waals surface area contributed by atoms with Crippen LogP contribution >= 0.6 is 0 Å². The van der Waals surface area contributed by atoms with E-state index in [9.17, 15) is 9.59 Å². The van der Waals surface area contributed by atoms with Crippen LogP contribution < -0.4 is 10.6 Å².